The van der Waals surface area contributed by atoms with Gasteiger partial charge >= 0.3 is 11.9 Å². The SMILES string of the molecule is Cn1cccc1C(=O)NC1(C(=O)O)CCCCC1.Cn1cccc1C1=NC2(CCCCC2)C(=O)O1. The number of cyclic esters (lactones) is 1. The molecule has 35 heavy (non-hydrogen) atoms. The van der Waals surface area contributed by atoms with Gasteiger partial charge in [0, 0.05) is 26.5 Å². The standard InChI is InChI=1S/C13H18N2O3.C13H16N2O2/c1-15-9-5-6-10(15)11(16)14-13(12(17)18)7-3-2-4-8-13;1-15-9-5-6-10(15)11-14-13(12(16)17-11)7-3-2-4-8-13/h5-6,9H,2-4,7-8H2,1H3,(H,14,16)(H,17,18);5-6,9H,2-4,7-8H2,1H3. The van der Waals surface area contributed by atoms with Crippen molar-refractivity contribution < 1.29 is 24.2 Å². The van der Waals surface area contributed by atoms with Crippen molar-refractivity contribution in [3.63, 3.8) is 0 Å². The van der Waals surface area contributed by atoms with Gasteiger partial charge in [0.25, 0.3) is 5.91 Å². The van der Waals surface area contributed by atoms with E-state index in [1.54, 1.807) is 29.9 Å². The third-order valence-corrected chi connectivity index (χ3v) is 7.37. The number of ether oxygens (including phenoxy) is 1. The molecule has 1 spiro atoms. The lowest BCUT2D eigenvalue weighted by Crippen LogP contribution is -2.55. The number of hydrogen-bond donors (Lipinski definition) is 2. The van der Waals surface area contributed by atoms with E-state index in [-0.39, 0.29) is 11.9 Å². The second-order valence-corrected chi connectivity index (χ2v) is 9.81. The average Bonchev–Trinajstić information content (AvgIpc) is 3.55. The summed E-state index contributed by atoms with van der Waals surface area (Å²) in [6.07, 6.45) is 12.5. The van der Waals surface area contributed by atoms with Gasteiger partial charge in [-0.1, -0.05) is 38.5 Å². The molecular weight excluding hydrogens is 448 g/mol. The number of aryl methyl sites for hydroxylation is 2. The van der Waals surface area contributed by atoms with Crippen LogP contribution in [0.1, 0.15) is 80.4 Å². The van der Waals surface area contributed by atoms with E-state index in [2.05, 4.69) is 10.3 Å². The Hall–Kier alpha value is -3.36. The number of hydrogen-bond acceptors (Lipinski definition) is 5. The van der Waals surface area contributed by atoms with Crippen LogP contribution in [0.2, 0.25) is 0 Å². The van der Waals surface area contributed by atoms with Gasteiger partial charge in [0.15, 0.2) is 5.54 Å². The van der Waals surface area contributed by atoms with E-state index in [0.717, 1.165) is 50.6 Å². The van der Waals surface area contributed by atoms with Crippen molar-refractivity contribution >= 4 is 23.7 Å². The molecule has 188 valence electrons. The summed E-state index contributed by atoms with van der Waals surface area (Å²) in [5, 5.41) is 12.1. The Bertz CT molecular complexity index is 1120. The number of rotatable bonds is 4. The Morgan fingerprint density at radius 2 is 1.54 bits per heavy atom. The van der Waals surface area contributed by atoms with Gasteiger partial charge in [-0.3, -0.25) is 4.79 Å². The van der Waals surface area contributed by atoms with E-state index in [1.165, 1.54) is 6.42 Å². The fraction of sp³-hybridized carbons (Fsp3) is 0.538. The summed E-state index contributed by atoms with van der Waals surface area (Å²) in [5.41, 5.74) is -0.292. The molecular formula is C26H34N4O5. The fourth-order valence-corrected chi connectivity index (χ4v) is 5.22. The molecule has 2 aliphatic carbocycles. The smallest absolute Gasteiger partial charge is 0.340 e. The Balaban J connectivity index is 0.000000165. The van der Waals surface area contributed by atoms with E-state index in [4.69, 9.17) is 4.74 Å². The Labute approximate surface area is 205 Å². The van der Waals surface area contributed by atoms with Crippen molar-refractivity contribution in [1.82, 2.24) is 14.5 Å². The quantitative estimate of drug-likeness (QED) is 0.647. The summed E-state index contributed by atoms with van der Waals surface area (Å²) in [6.45, 7) is 0. The van der Waals surface area contributed by atoms with Crippen LogP contribution in [0.4, 0.5) is 0 Å². The Morgan fingerprint density at radius 1 is 0.943 bits per heavy atom. The maximum Gasteiger partial charge on any atom is 0.340 e. The number of aromatic nitrogens is 2. The van der Waals surface area contributed by atoms with Crippen LogP contribution in [-0.2, 0) is 28.4 Å². The molecule has 2 aromatic heterocycles. The van der Waals surface area contributed by atoms with Crippen molar-refractivity contribution in [3.05, 3.63) is 48.0 Å². The summed E-state index contributed by atoms with van der Waals surface area (Å²) in [5.74, 6) is -0.908. The minimum absolute atomic E-state index is 0.159. The van der Waals surface area contributed by atoms with E-state index >= 15 is 0 Å². The highest BCUT2D eigenvalue weighted by Crippen LogP contribution is 2.37. The highest BCUT2D eigenvalue weighted by atomic mass is 16.6. The van der Waals surface area contributed by atoms with Crippen molar-refractivity contribution in [3.8, 4) is 0 Å². The maximum atomic E-state index is 12.1. The average molecular weight is 483 g/mol. The number of carboxylic acid groups (broad SMARTS) is 1. The first-order valence-electron chi connectivity index (χ1n) is 12.4. The molecule has 0 radical (unpaired) electrons. The van der Waals surface area contributed by atoms with Gasteiger partial charge in [0.05, 0.1) is 0 Å². The largest absolute Gasteiger partial charge is 0.480 e. The minimum Gasteiger partial charge on any atom is -0.480 e. The first-order chi connectivity index (χ1) is 16.8. The zero-order valence-corrected chi connectivity index (χ0v) is 20.5. The zero-order chi connectivity index (χ0) is 25.1. The summed E-state index contributed by atoms with van der Waals surface area (Å²) < 4.78 is 8.98. The Kier molecular flexibility index (Phi) is 7.14. The molecule has 9 nitrogen and oxygen atoms in total. The highest BCUT2D eigenvalue weighted by Gasteiger charge is 2.47. The zero-order valence-electron chi connectivity index (χ0n) is 20.5. The van der Waals surface area contributed by atoms with Crippen molar-refractivity contribution in [1.29, 1.82) is 0 Å². The number of nitrogens with one attached hydrogen (secondary N) is 1. The summed E-state index contributed by atoms with van der Waals surface area (Å²) >= 11 is 0. The molecule has 2 N–H and O–H groups in total. The van der Waals surface area contributed by atoms with E-state index < -0.39 is 17.0 Å². The van der Waals surface area contributed by atoms with Crippen LogP contribution in [-0.4, -0.2) is 49.1 Å². The second kappa shape index (κ2) is 10.1. The summed E-state index contributed by atoms with van der Waals surface area (Å²) in [6, 6.07) is 7.31. The molecule has 3 heterocycles. The number of carboxylic acids is 1. The fourth-order valence-electron chi connectivity index (χ4n) is 5.22. The van der Waals surface area contributed by atoms with Crippen LogP contribution in [0.3, 0.4) is 0 Å². The summed E-state index contributed by atoms with van der Waals surface area (Å²) in [7, 11) is 3.70. The third kappa shape index (κ3) is 5.04. The van der Waals surface area contributed by atoms with Gasteiger partial charge in [-0.2, -0.15) is 0 Å². The van der Waals surface area contributed by atoms with Gasteiger partial charge in [-0.25, -0.2) is 14.6 Å². The van der Waals surface area contributed by atoms with Crippen LogP contribution in [0.5, 0.6) is 0 Å². The van der Waals surface area contributed by atoms with Gasteiger partial charge in [0.1, 0.15) is 16.9 Å². The lowest BCUT2D eigenvalue weighted by atomic mass is 9.81. The third-order valence-electron chi connectivity index (χ3n) is 7.37. The lowest BCUT2D eigenvalue weighted by Gasteiger charge is -2.33. The van der Waals surface area contributed by atoms with Crippen LogP contribution in [0, 0.1) is 0 Å². The van der Waals surface area contributed by atoms with Crippen molar-refractivity contribution in [2.75, 3.05) is 0 Å². The molecule has 3 aliphatic rings. The molecule has 2 fully saturated rings. The molecule has 1 amide bonds. The number of carbonyl (C=O) groups excluding carboxylic acids is 2. The molecule has 9 heteroatoms. The number of nitrogens with zero attached hydrogens (tertiary/aromatic N) is 3. The number of amides is 1. The van der Waals surface area contributed by atoms with Gasteiger partial charge in [-0.05, 0) is 49.9 Å². The van der Waals surface area contributed by atoms with E-state index in [9.17, 15) is 19.5 Å². The van der Waals surface area contributed by atoms with Crippen LogP contribution in [0.15, 0.2) is 41.7 Å². The highest BCUT2D eigenvalue weighted by molar-refractivity contribution is 6.07. The molecule has 0 saturated heterocycles. The van der Waals surface area contributed by atoms with Crippen molar-refractivity contribution in [2.45, 2.75) is 75.3 Å². The molecule has 0 bridgehead atoms. The lowest BCUT2D eigenvalue weighted by molar-refractivity contribution is -0.146. The number of carbonyl (C=O) groups is 3. The van der Waals surface area contributed by atoms with Crippen molar-refractivity contribution in [2.24, 2.45) is 19.1 Å². The maximum absolute atomic E-state index is 12.1. The first kappa shape index (κ1) is 24.8. The molecule has 0 aromatic carbocycles. The molecule has 1 aliphatic heterocycles. The molecule has 2 aromatic rings. The van der Waals surface area contributed by atoms with Gasteiger partial charge < -0.3 is 24.3 Å². The number of aliphatic imine (C=N–C) groups is 1. The molecule has 0 atom stereocenters. The summed E-state index contributed by atoms with van der Waals surface area (Å²) in [4.78, 5) is 40.2. The topological polar surface area (TPSA) is 115 Å². The van der Waals surface area contributed by atoms with Crippen LogP contribution < -0.4 is 5.32 Å². The first-order valence-corrected chi connectivity index (χ1v) is 12.4. The predicted molar refractivity (Wildman–Crippen MR) is 130 cm³/mol. The monoisotopic (exact) mass is 482 g/mol. The molecule has 0 unspecified atom stereocenters. The van der Waals surface area contributed by atoms with Crippen LogP contribution in [0.25, 0.3) is 0 Å². The number of esters is 1. The van der Waals surface area contributed by atoms with E-state index in [0.29, 0.717) is 24.4 Å². The number of aliphatic carboxylic acids is 1. The van der Waals surface area contributed by atoms with E-state index in [1.807, 2.05) is 29.9 Å². The molecule has 5 rings (SSSR count). The second-order valence-electron chi connectivity index (χ2n) is 9.81. The van der Waals surface area contributed by atoms with Crippen LogP contribution >= 0.6 is 0 Å². The van der Waals surface area contributed by atoms with Gasteiger partial charge in [-0.15, -0.1) is 0 Å². The van der Waals surface area contributed by atoms with Gasteiger partial charge in [0.2, 0.25) is 5.90 Å². The normalized spacial score (nSPS) is 20.4. The predicted octanol–water partition coefficient (Wildman–Crippen LogP) is 3.57. The minimum atomic E-state index is -1.08. The Morgan fingerprint density at radius 3 is 2.09 bits per heavy atom. The molecule has 2 saturated carbocycles.